The lowest BCUT2D eigenvalue weighted by molar-refractivity contribution is 0.502. The lowest BCUT2D eigenvalue weighted by Crippen LogP contribution is -2.04. The van der Waals surface area contributed by atoms with Crippen LogP contribution in [0.3, 0.4) is 0 Å². The van der Waals surface area contributed by atoms with Crippen LogP contribution >= 0.6 is 0 Å². The van der Waals surface area contributed by atoms with Gasteiger partial charge in [0.15, 0.2) is 0 Å². The van der Waals surface area contributed by atoms with E-state index in [1.165, 1.54) is 19.3 Å². The van der Waals surface area contributed by atoms with Gasteiger partial charge in [-0.1, -0.05) is 24.6 Å². The highest BCUT2D eigenvalue weighted by molar-refractivity contribution is 5.26. The van der Waals surface area contributed by atoms with E-state index in [0.717, 1.165) is 5.92 Å². The van der Waals surface area contributed by atoms with Crippen molar-refractivity contribution in [1.82, 2.24) is 0 Å². The van der Waals surface area contributed by atoms with E-state index in [2.05, 4.69) is 32.9 Å². The van der Waals surface area contributed by atoms with Crippen molar-refractivity contribution < 1.29 is 0 Å². The second kappa shape index (κ2) is 3.75. The van der Waals surface area contributed by atoms with E-state index >= 15 is 0 Å². The summed E-state index contributed by atoms with van der Waals surface area (Å²) in [6.45, 7) is 6.71. The first-order chi connectivity index (χ1) is 5.24. The smallest absolute Gasteiger partial charge is 0.0254 e. The van der Waals surface area contributed by atoms with Gasteiger partial charge in [0.05, 0.1) is 0 Å². The van der Waals surface area contributed by atoms with Gasteiger partial charge in [-0.05, 0) is 44.6 Å². The number of rotatable bonds is 1. The molecular formula is C11H18. The van der Waals surface area contributed by atoms with Crippen molar-refractivity contribution >= 4 is 0 Å². The highest BCUT2D eigenvalue weighted by Crippen LogP contribution is 2.29. The van der Waals surface area contributed by atoms with Gasteiger partial charge in [-0.25, -0.2) is 0 Å². The van der Waals surface area contributed by atoms with Crippen molar-refractivity contribution in [3.05, 3.63) is 23.3 Å². The average molecular weight is 150 g/mol. The second-order valence-corrected chi connectivity index (χ2v) is 3.65. The number of allylic oxidation sites excluding steroid dienone is 4. The molecule has 0 radical (unpaired) electrons. The van der Waals surface area contributed by atoms with Crippen molar-refractivity contribution in [3.8, 4) is 0 Å². The Hall–Kier alpha value is -0.520. The minimum Gasteiger partial charge on any atom is -0.0874 e. The fourth-order valence-electron chi connectivity index (χ4n) is 1.69. The van der Waals surface area contributed by atoms with E-state index in [-0.39, 0.29) is 0 Å². The third kappa shape index (κ3) is 2.21. The average Bonchev–Trinajstić information content (AvgIpc) is 1.98. The maximum Gasteiger partial charge on any atom is -0.0254 e. The van der Waals surface area contributed by atoms with Gasteiger partial charge in [0.25, 0.3) is 0 Å². The molecule has 62 valence electrons. The normalized spacial score (nSPS) is 26.6. The van der Waals surface area contributed by atoms with Gasteiger partial charge < -0.3 is 0 Å². The highest BCUT2D eigenvalue weighted by Gasteiger charge is 2.12. The molecule has 0 N–H and O–H groups in total. The van der Waals surface area contributed by atoms with Gasteiger partial charge in [0.1, 0.15) is 0 Å². The van der Waals surface area contributed by atoms with Gasteiger partial charge in [-0.15, -0.1) is 0 Å². The Balaban J connectivity index is 2.71. The zero-order chi connectivity index (χ0) is 8.27. The molecule has 11 heavy (non-hydrogen) atoms. The van der Waals surface area contributed by atoms with Gasteiger partial charge in [-0.2, -0.15) is 0 Å². The molecule has 0 bridgehead atoms. The first-order valence-corrected chi connectivity index (χ1v) is 4.55. The summed E-state index contributed by atoms with van der Waals surface area (Å²) < 4.78 is 0. The SMILES string of the molecule is CC=CC1=C(C)CCC(C)C1. The van der Waals surface area contributed by atoms with Crippen LogP contribution in [0, 0.1) is 5.92 Å². The fourth-order valence-corrected chi connectivity index (χ4v) is 1.69. The van der Waals surface area contributed by atoms with Gasteiger partial charge in [0, 0.05) is 0 Å². The molecule has 0 saturated carbocycles. The predicted molar refractivity (Wildman–Crippen MR) is 50.5 cm³/mol. The third-order valence-corrected chi connectivity index (χ3v) is 2.50. The Morgan fingerprint density at radius 1 is 1.45 bits per heavy atom. The molecule has 0 aromatic heterocycles. The lowest BCUT2D eigenvalue weighted by Gasteiger charge is -2.20. The molecule has 0 spiro atoms. The summed E-state index contributed by atoms with van der Waals surface area (Å²) >= 11 is 0. The van der Waals surface area contributed by atoms with Gasteiger partial charge in [0.2, 0.25) is 0 Å². The van der Waals surface area contributed by atoms with Crippen molar-refractivity contribution in [2.24, 2.45) is 5.92 Å². The first-order valence-electron chi connectivity index (χ1n) is 4.55. The van der Waals surface area contributed by atoms with Crippen LogP contribution in [0.25, 0.3) is 0 Å². The molecule has 0 saturated heterocycles. The van der Waals surface area contributed by atoms with Crippen molar-refractivity contribution in [1.29, 1.82) is 0 Å². The third-order valence-electron chi connectivity index (χ3n) is 2.50. The van der Waals surface area contributed by atoms with Crippen molar-refractivity contribution in [2.75, 3.05) is 0 Å². The summed E-state index contributed by atoms with van der Waals surface area (Å²) in [4.78, 5) is 0. The Morgan fingerprint density at radius 3 is 2.82 bits per heavy atom. The van der Waals surface area contributed by atoms with E-state index in [1.807, 2.05) is 0 Å². The van der Waals surface area contributed by atoms with Crippen LogP contribution in [0.5, 0.6) is 0 Å². The topological polar surface area (TPSA) is 0 Å². The minimum absolute atomic E-state index is 0.893. The largest absolute Gasteiger partial charge is 0.0874 e. The summed E-state index contributed by atoms with van der Waals surface area (Å²) in [6.07, 6.45) is 8.39. The van der Waals surface area contributed by atoms with E-state index in [0.29, 0.717) is 0 Å². The van der Waals surface area contributed by atoms with Crippen LogP contribution in [0.1, 0.15) is 40.0 Å². The monoisotopic (exact) mass is 150 g/mol. The summed E-state index contributed by atoms with van der Waals surface area (Å²) in [5.74, 6) is 0.893. The summed E-state index contributed by atoms with van der Waals surface area (Å²) in [7, 11) is 0. The summed E-state index contributed by atoms with van der Waals surface area (Å²) in [6, 6.07) is 0. The van der Waals surface area contributed by atoms with Crippen LogP contribution in [-0.4, -0.2) is 0 Å². The Morgan fingerprint density at radius 2 is 2.18 bits per heavy atom. The Labute approximate surface area is 70.0 Å². The summed E-state index contributed by atoms with van der Waals surface area (Å²) in [5, 5.41) is 0. The molecule has 1 unspecified atom stereocenters. The predicted octanol–water partition coefficient (Wildman–Crippen LogP) is 3.70. The molecule has 0 heterocycles. The molecule has 1 atom stereocenters. The molecule has 0 aromatic rings. The molecule has 1 aliphatic rings. The summed E-state index contributed by atoms with van der Waals surface area (Å²) in [5.41, 5.74) is 3.17. The van der Waals surface area contributed by atoms with Crippen molar-refractivity contribution in [3.63, 3.8) is 0 Å². The molecule has 0 aromatic carbocycles. The van der Waals surface area contributed by atoms with E-state index in [1.54, 1.807) is 11.1 Å². The van der Waals surface area contributed by atoms with Crippen LogP contribution < -0.4 is 0 Å². The van der Waals surface area contributed by atoms with Crippen LogP contribution in [0.15, 0.2) is 23.3 Å². The van der Waals surface area contributed by atoms with Crippen molar-refractivity contribution in [2.45, 2.75) is 40.0 Å². The zero-order valence-electron chi connectivity index (χ0n) is 7.85. The molecule has 0 amide bonds. The molecule has 0 heteroatoms. The molecule has 0 nitrogen and oxygen atoms in total. The Kier molecular flexibility index (Phi) is 2.92. The lowest BCUT2D eigenvalue weighted by atomic mass is 9.85. The molecule has 0 fully saturated rings. The maximum atomic E-state index is 2.34. The fraction of sp³-hybridized carbons (Fsp3) is 0.636. The van der Waals surface area contributed by atoms with Gasteiger partial charge in [-0.3, -0.25) is 0 Å². The molecular weight excluding hydrogens is 132 g/mol. The van der Waals surface area contributed by atoms with E-state index in [9.17, 15) is 0 Å². The number of hydrogen-bond donors (Lipinski definition) is 0. The highest BCUT2D eigenvalue weighted by atomic mass is 14.2. The van der Waals surface area contributed by atoms with Crippen LogP contribution in [-0.2, 0) is 0 Å². The molecule has 1 aliphatic carbocycles. The Bertz CT molecular complexity index is 184. The second-order valence-electron chi connectivity index (χ2n) is 3.65. The zero-order valence-corrected chi connectivity index (χ0v) is 7.85. The van der Waals surface area contributed by atoms with Crippen LogP contribution in [0.4, 0.5) is 0 Å². The standard InChI is InChI=1S/C11H18/c1-4-5-11-8-9(2)6-7-10(11)3/h4-5,9H,6-8H2,1-3H3. The quantitative estimate of drug-likeness (QED) is 0.534. The van der Waals surface area contributed by atoms with E-state index in [4.69, 9.17) is 0 Å². The number of hydrogen-bond acceptors (Lipinski definition) is 0. The minimum atomic E-state index is 0.893. The first kappa shape index (κ1) is 8.58. The molecule has 0 aliphatic heterocycles. The van der Waals surface area contributed by atoms with Gasteiger partial charge >= 0.3 is 0 Å². The maximum absolute atomic E-state index is 2.34. The molecule has 1 rings (SSSR count). The van der Waals surface area contributed by atoms with Crippen LogP contribution in [0.2, 0.25) is 0 Å². The van der Waals surface area contributed by atoms with E-state index < -0.39 is 0 Å².